The minimum atomic E-state index is -0.180. The standard InChI is InChI=1S/C18H18ClN5O2S2/c19-12-6-7-14-20-13(8-15(25)24(14)9-12)10-27-18-23-22-17(28-18)21-16(26)11-4-2-1-3-5-11/h6-9,11H,1-5,10H2,(H,21,22,26). The molecular weight excluding hydrogens is 418 g/mol. The van der Waals surface area contributed by atoms with E-state index in [2.05, 4.69) is 20.5 Å². The number of hydrogen-bond donors (Lipinski definition) is 1. The fourth-order valence-corrected chi connectivity index (χ4v) is 5.03. The van der Waals surface area contributed by atoms with Crippen LogP contribution in [-0.2, 0) is 10.5 Å². The summed E-state index contributed by atoms with van der Waals surface area (Å²) < 4.78 is 2.14. The Hall–Kier alpha value is -1.97. The Bertz CT molecular complexity index is 1060. The van der Waals surface area contributed by atoms with E-state index in [1.54, 1.807) is 18.3 Å². The van der Waals surface area contributed by atoms with E-state index in [1.807, 2.05) is 0 Å². The number of carbonyl (C=O) groups is 1. The first-order valence-electron chi connectivity index (χ1n) is 9.03. The van der Waals surface area contributed by atoms with Gasteiger partial charge in [0.05, 0.1) is 10.7 Å². The molecule has 0 unspecified atom stereocenters. The van der Waals surface area contributed by atoms with Crippen molar-refractivity contribution < 1.29 is 4.79 Å². The number of carbonyl (C=O) groups excluding carboxylic acids is 1. The molecule has 0 atom stereocenters. The SMILES string of the molecule is O=C(Nc1nnc(SCc2cc(=O)n3cc(Cl)ccc3n2)s1)C1CCCCC1. The first kappa shape index (κ1) is 19.4. The van der Waals surface area contributed by atoms with Gasteiger partial charge in [-0.15, -0.1) is 10.2 Å². The zero-order valence-corrected chi connectivity index (χ0v) is 17.3. The summed E-state index contributed by atoms with van der Waals surface area (Å²) in [4.78, 5) is 29.0. The van der Waals surface area contributed by atoms with E-state index in [0.29, 0.717) is 27.2 Å². The predicted octanol–water partition coefficient (Wildman–Crippen LogP) is 4.01. The fraction of sp³-hybridized carbons (Fsp3) is 0.389. The molecule has 1 amide bonds. The van der Waals surface area contributed by atoms with Crippen molar-refractivity contribution in [1.29, 1.82) is 0 Å². The molecule has 28 heavy (non-hydrogen) atoms. The second-order valence-corrected chi connectivity index (χ2v) is 9.28. The van der Waals surface area contributed by atoms with E-state index < -0.39 is 0 Å². The molecule has 1 fully saturated rings. The van der Waals surface area contributed by atoms with Crippen LogP contribution in [0, 0.1) is 5.92 Å². The summed E-state index contributed by atoms with van der Waals surface area (Å²) in [5, 5.41) is 12.0. The Morgan fingerprint density at radius 1 is 1.29 bits per heavy atom. The number of halogens is 1. The van der Waals surface area contributed by atoms with Gasteiger partial charge < -0.3 is 5.32 Å². The minimum Gasteiger partial charge on any atom is -0.300 e. The van der Waals surface area contributed by atoms with E-state index in [-0.39, 0.29) is 17.4 Å². The number of pyridine rings is 1. The van der Waals surface area contributed by atoms with Gasteiger partial charge in [-0.1, -0.05) is 54.0 Å². The summed E-state index contributed by atoms with van der Waals surface area (Å²) in [7, 11) is 0. The van der Waals surface area contributed by atoms with Crippen molar-refractivity contribution in [3.8, 4) is 0 Å². The molecule has 3 aromatic rings. The molecule has 1 aliphatic rings. The van der Waals surface area contributed by atoms with Gasteiger partial charge in [0.2, 0.25) is 11.0 Å². The lowest BCUT2D eigenvalue weighted by Crippen LogP contribution is -2.24. The molecule has 10 heteroatoms. The second kappa shape index (κ2) is 8.59. The number of rotatable bonds is 5. The molecule has 0 spiro atoms. The van der Waals surface area contributed by atoms with Crippen molar-refractivity contribution in [1.82, 2.24) is 19.6 Å². The summed E-state index contributed by atoms with van der Waals surface area (Å²) in [6, 6.07) is 4.90. The van der Waals surface area contributed by atoms with Gasteiger partial charge in [0.25, 0.3) is 5.56 Å². The van der Waals surface area contributed by atoms with Gasteiger partial charge in [0.15, 0.2) is 4.34 Å². The Kier molecular flexibility index (Phi) is 5.93. The zero-order valence-electron chi connectivity index (χ0n) is 14.9. The smallest absolute Gasteiger partial charge is 0.258 e. The number of amides is 1. The van der Waals surface area contributed by atoms with Crippen LogP contribution in [0.25, 0.3) is 5.65 Å². The summed E-state index contributed by atoms with van der Waals surface area (Å²) in [6.45, 7) is 0. The lowest BCUT2D eigenvalue weighted by Gasteiger charge is -2.19. The number of nitrogens with one attached hydrogen (secondary N) is 1. The van der Waals surface area contributed by atoms with Crippen LogP contribution in [0.3, 0.4) is 0 Å². The Morgan fingerprint density at radius 2 is 2.11 bits per heavy atom. The van der Waals surface area contributed by atoms with Gasteiger partial charge in [0, 0.05) is 23.9 Å². The highest BCUT2D eigenvalue weighted by Crippen LogP contribution is 2.29. The minimum absolute atomic E-state index is 0.0373. The van der Waals surface area contributed by atoms with Crippen molar-refractivity contribution >= 4 is 51.4 Å². The average molecular weight is 436 g/mol. The molecular formula is C18H18ClN5O2S2. The van der Waals surface area contributed by atoms with Crippen LogP contribution < -0.4 is 10.9 Å². The highest BCUT2D eigenvalue weighted by molar-refractivity contribution is 8.00. The maximum Gasteiger partial charge on any atom is 0.258 e. The van der Waals surface area contributed by atoms with E-state index in [4.69, 9.17) is 11.6 Å². The molecule has 0 aromatic carbocycles. The monoisotopic (exact) mass is 435 g/mol. The zero-order chi connectivity index (χ0) is 19.5. The normalized spacial score (nSPS) is 15.0. The van der Waals surface area contributed by atoms with Crippen LogP contribution in [0.5, 0.6) is 0 Å². The highest BCUT2D eigenvalue weighted by Gasteiger charge is 2.22. The maximum absolute atomic E-state index is 12.3. The molecule has 1 saturated carbocycles. The number of thioether (sulfide) groups is 1. The lowest BCUT2D eigenvalue weighted by molar-refractivity contribution is -0.120. The molecule has 7 nitrogen and oxygen atoms in total. The van der Waals surface area contributed by atoms with E-state index in [9.17, 15) is 9.59 Å². The highest BCUT2D eigenvalue weighted by atomic mass is 35.5. The molecule has 0 aliphatic heterocycles. The van der Waals surface area contributed by atoms with Crippen LogP contribution in [0.1, 0.15) is 37.8 Å². The van der Waals surface area contributed by atoms with Gasteiger partial charge in [-0.25, -0.2) is 4.98 Å². The molecule has 0 bridgehead atoms. The van der Waals surface area contributed by atoms with E-state index in [0.717, 1.165) is 30.0 Å². The largest absolute Gasteiger partial charge is 0.300 e. The summed E-state index contributed by atoms with van der Waals surface area (Å²) in [6.07, 6.45) is 6.87. The van der Waals surface area contributed by atoms with Gasteiger partial charge in [-0.3, -0.25) is 14.0 Å². The van der Waals surface area contributed by atoms with Gasteiger partial charge in [-0.2, -0.15) is 0 Å². The molecule has 146 valence electrons. The molecule has 4 rings (SSSR count). The predicted molar refractivity (Wildman–Crippen MR) is 111 cm³/mol. The maximum atomic E-state index is 12.3. The van der Waals surface area contributed by atoms with E-state index in [1.165, 1.54) is 40.0 Å². The summed E-state index contributed by atoms with van der Waals surface area (Å²) >= 11 is 8.69. The molecule has 0 radical (unpaired) electrons. The number of anilines is 1. The number of aromatic nitrogens is 4. The van der Waals surface area contributed by atoms with Crippen molar-refractivity contribution in [2.75, 3.05) is 5.32 Å². The summed E-state index contributed by atoms with van der Waals surface area (Å²) in [5.41, 5.74) is 1.02. The number of hydrogen-bond acceptors (Lipinski definition) is 7. The second-order valence-electron chi connectivity index (χ2n) is 6.65. The van der Waals surface area contributed by atoms with Crippen LogP contribution in [0.2, 0.25) is 5.02 Å². The Balaban J connectivity index is 1.39. The first-order valence-corrected chi connectivity index (χ1v) is 11.2. The van der Waals surface area contributed by atoms with Crippen molar-refractivity contribution in [2.45, 2.75) is 42.2 Å². The van der Waals surface area contributed by atoms with E-state index >= 15 is 0 Å². The van der Waals surface area contributed by atoms with Crippen molar-refractivity contribution in [3.05, 3.63) is 45.5 Å². The number of nitrogens with zero attached hydrogens (tertiary/aromatic N) is 4. The average Bonchev–Trinajstić information content (AvgIpc) is 3.15. The quantitative estimate of drug-likeness (QED) is 0.481. The fourth-order valence-electron chi connectivity index (χ4n) is 3.23. The van der Waals surface area contributed by atoms with Crippen molar-refractivity contribution in [2.24, 2.45) is 5.92 Å². The molecule has 1 aliphatic carbocycles. The van der Waals surface area contributed by atoms with Crippen molar-refractivity contribution in [3.63, 3.8) is 0 Å². The molecule has 0 saturated heterocycles. The van der Waals surface area contributed by atoms with Crippen LogP contribution >= 0.6 is 34.7 Å². The van der Waals surface area contributed by atoms with Crippen LogP contribution in [0.4, 0.5) is 5.13 Å². The topological polar surface area (TPSA) is 89.2 Å². The van der Waals surface area contributed by atoms with Gasteiger partial charge in [-0.05, 0) is 25.0 Å². The van der Waals surface area contributed by atoms with Gasteiger partial charge >= 0.3 is 0 Å². The lowest BCUT2D eigenvalue weighted by atomic mass is 9.89. The molecule has 1 N–H and O–H groups in total. The van der Waals surface area contributed by atoms with Gasteiger partial charge in [0.1, 0.15) is 5.65 Å². The third-order valence-electron chi connectivity index (χ3n) is 4.63. The summed E-state index contributed by atoms with van der Waals surface area (Å²) in [5.74, 6) is 0.604. The molecule has 3 aromatic heterocycles. The molecule has 3 heterocycles. The van der Waals surface area contributed by atoms with Crippen LogP contribution in [0.15, 0.2) is 33.5 Å². The number of fused-ring (bicyclic) bond motifs is 1. The first-order chi connectivity index (χ1) is 13.6. The Morgan fingerprint density at radius 3 is 2.93 bits per heavy atom. The third kappa shape index (κ3) is 4.53. The Labute approximate surface area is 174 Å². The third-order valence-corrected chi connectivity index (χ3v) is 6.86. The van der Waals surface area contributed by atoms with Crippen LogP contribution in [-0.4, -0.2) is 25.5 Å².